The molecule has 1 aromatic rings. The van der Waals surface area contributed by atoms with Crippen molar-refractivity contribution in [1.82, 2.24) is 4.90 Å². The second kappa shape index (κ2) is 6.02. The summed E-state index contributed by atoms with van der Waals surface area (Å²) in [5.74, 6) is -1.70. The second-order valence-corrected chi connectivity index (χ2v) is 6.92. The van der Waals surface area contributed by atoms with Crippen LogP contribution in [0.5, 0.6) is 11.5 Å². The molecule has 3 heterocycles. The summed E-state index contributed by atoms with van der Waals surface area (Å²) < 4.78 is 16.4. The first kappa shape index (κ1) is 16.9. The van der Waals surface area contributed by atoms with Gasteiger partial charge in [-0.2, -0.15) is 0 Å². The van der Waals surface area contributed by atoms with Gasteiger partial charge in [0.15, 0.2) is 11.5 Å². The van der Waals surface area contributed by atoms with Crippen molar-refractivity contribution < 1.29 is 28.9 Å². The molecule has 2 fully saturated rings. The number of methoxy groups -OCH3 is 2. The van der Waals surface area contributed by atoms with Gasteiger partial charge in [0.1, 0.15) is 5.60 Å². The number of fused-ring (bicyclic) bond motifs is 1. The number of hydrogen-bond donors (Lipinski definition) is 0. The topological polar surface area (TPSA) is 88.1 Å². The quantitative estimate of drug-likeness (QED) is 0.653. The van der Waals surface area contributed by atoms with Gasteiger partial charge in [-0.3, -0.25) is 4.79 Å². The zero-order chi connectivity index (χ0) is 18.5. The highest BCUT2D eigenvalue weighted by Crippen LogP contribution is 2.51. The Morgan fingerprint density at radius 2 is 2.12 bits per heavy atom. The third-order valence-corrected chi connectivity index (χ3v) is 5.57. The lowest BCUT2D eigenvalue weighted by atomic mass is 9.77. The predicted molar refractivity (Wildman–Crippen MR) is 88.6 cm³/mol. The fraction of sp³-hybridized carbons (Fsp3) is 0.474. The van der Waals surface area contributed by atoms with Crippen LogP contribution in [0.25, 0.3) is 0 Å². The average molecular weight is 358 g/mol. The largest absolute Gasteiger partial charge is 0.550 e. The molecule has 138 valence electrons. The van der Waals surface area contributed by atoms with Crippen molar-refractivity contribution in [2.24, 2.45) is 11.8 Å². The highest BCUT2D eigenvalue weighted by Gasteiger charge is 2.65. The van der Waals surface area contributed by atoms with E-state index in [1.165, 1.54) is 0 Å². The molecule has 4 rings (SSSR count). The van der Waals surface area contributed by atoms with E-state index in [0.29, 0.717) is 31.0 Å². The maximum absolute atomic E-state index is 12.8. The Labute approximate surface area is 151 Å². The molecule has 7 heteroatoms. The van der Waals surface area contributed by atoms with E-state index in [2.05, 4.69) is 0 Å². The molecule has 7 nitrogen and oxygen atoms in total. The summed E-state index contributed by atoms with van der Waals surface area (Å²) in [6, 6.07) is 5.63. The Morgan fingerprint density at radius 3 is 2.81 bits per heavy atom. The molecule has 4 atom stereocenters. The minimum atomic E-state index is -1.22. The minimum absolute atomic E-state index is 0.175. The standard InChI is InChI=1S/C19H21NO6/c1-24-12-4-3-11(9-14(12)25-2)6-8-20-10-19-7-5-13(26-19)15(18(22)23)16(19)17(20)21/h3-5,7,9,13,15-16H,6,8,10H2,1-2H3,(H,22,23)/p-1/t13-,15+,16-,19-/m1/s1. The van der Waals surface area contributed by atoms with Crippen LogP contribution in [0.4, 0.5) is 0 Å². The summed E-state index contributed by atoms with van der Waals surface area (Å²) in [6.07, 6.45) is 3.65. The minimum Gasteiger partial charge on any atom is -0.550 e. The Hall–Kier alpha value is -2.54. The summed E-state index contributed by atoms with van der Waals surface area (Å²) in [5, 5.41) is 11.5. The number of benzene rings is 1. The van der Waals surface area contributed by atoms with Crippen molar-refractivity contribution in [3.63, 3.8) is 0 Å². The summed E-state index contributed by atoms with van der Waals surface area (Å²) in [5.41, 5.74) is 0.187. The number of carbonyl (C=O) groups excluding carboxylic acids is 2. The van der Waals surface area contributed by atoms with Crippen molar-refractivity contribution >= 4 is 11.9 Å². The van der Waals surface area contributed by atoms with Crippen molar-refractivity contribution in [1.29, 1.82) is 0 Å². The third kappa shape index (κ3) is 2.38. The average Bonchev–Trinajstić information content (AvgIpc) is 3.27. The predicted octanol–water partition coefficient (Wildman–Crippen LogP) is -0.222. The van der Waals surface area contributed by atoms with Gasteiger partial charge in [-0.05, 0) is 24.1 Å². The Morgan fingerprint density at radius 1 is 1.35 bits per heavy atom. The van der Waals surface area contributed by atoms with Crippen LogP contribution in [0.1, 0.15) is 5.56 Å². The molecule has 3 aliphatic rings. The van der Waals surface area contributed by atoms with E-state index in [-0.39, 0.29) is 5.91 Å². The zero-order valence-electron chi connectivity index (χ0n) is 14.6. The first-order valence-corrected chi connectivity index (χ1v) is 8.57. The van der Waals surface area contributed by atoms with Gasteiger partial charge >= 0.3 is 0 Å². The zero-order valence-corrected chi connectivity index (χ0v) is 14.6. The van der Waals surface area contributed by atoms with E-state index in [4.69, 9.17) is 14.2 Å². The van der Waals surface area contributed by atoms with Crippen LogP contribution in [0.3, 0.4) is 0 Å². The number of carboxylic acids is 1. The fourth-order valence-corrected chi connectivity index (χ4v) is 4.34. The molecule has 0 unspecified atom stereocenters. The van der Waals surface area contributed by atoms with Crippen LogP contribution in [0.2, 0.25) is 0 Å². The monoisotopic (exact) mass is 358 g/mol. The molecule has 1 spiro atoms. The Bertz CT molecular complexity index is 790. The molecular weight excluding hydrogens is 338 g/mol. The SMILES string of the molecule is COc1ccc(CCN2C[C@@]34C=C[C@@H](O3)[C@H](C(=O)[O-])[C@@H]4C2=O)cc1OC. The maximum atomic E-state index is 12.8. The molecule has 0 aromatic heterocycles. The van der Waals surface area contributed by atoms with Gasteiger partial charge in [-0.15, -0.1) is 0 Å². The number of hydrogen-bond acceptors (Lipinski definition) is 6. The first-order chi connectivity index (χ1) is 12.5. The third-order valence-electron chi connectivity index (χ3n) is 5.57. The summed E-state index contributed by atoms with van der Waals surface area (Å²) in [4.78, 5) is 26.0. The first-order valence-electron chi connectivity index (χ1n) is 8.57. The molecule has 0 saturated carbocycles. The van der Waals surface area contributed by atoms with E-state index in [9.17, 15) is 14.7 Å². The normalized spacial score (nSPS) is 31.4. The highest BCUT2D eigenvalue weighted by molar-refractivity contribution is 5.90. The number of likely N-dealkylation sites (tertiary alicyclic amines) is 1. The van der Waals surface area contributed by atoms with Crippen LogP contribution in [-0.2, 0) is 20.7 Å². The van der Waals surface area contributed by atoms with E-state index < -0.39 is 29.5 Å². The number of aliphatic carboxylic acids is 1. The van der Waals surface area contributed by atoms with E-state index >= 15 is 0 Å². The number of nitrogens with zero attached hydrogens (tertiary/aromatic N) is 1. The van der Waals surface area contributed by atoms with E-state index in [1.54, 1.807) is 25.2 Å². The van der Waals surface area contributed by atoms with E-state index in [1.807, 2.05) is 24.3 Å². The summed E-state index contributed by atoms with van der Waals surface area (Å²) >= 11 is 0. The molecule has 2 saturated heterocycles. The molecule has 2 bridgehead atoms. The highest BCUT2D eigenvalue weighted by atomic mass is 16.5. The van der Waals surface area contributed by atoms with Crippen molar-refractivity contribution in [2.75, 3.05) is 27.3 Å². The number of carbonyl (C=O) groups is 2. The van der Waals surface area contributed by atoms with Gasteiger partial charge in [0.2, 0.25) is 5.91 Å². The van der Waals surface area contributed by atoms with Gasteiger partial charge in [0.25, 0.3) is 0 Å². The second-order valence-electron chi connectivity index (χ2n) is 6.92. The van der Waals surface area contributed by atoms with Crippen molar-refractivity contribution in [3.05, 3.63) is 35.9 Å². The number of carboxylic acid groups (broad SMARTS) is 1. The van der Waals surface area contributed by atoms with E-state index in [0.717, 1.165) is 5.56 Å². The molecule has 3 aliphatic heterocycles. The van der Waals surface area contributed by atoms with Crippen molar-refractivity contribution in [2.45, 2.75) is 18.1 Å². The lowest BCUT2D eigenvalue weighted by Gasteiger charge is -2.24. The molecule has 26 heavy (non-hydrogen) atoms. The number of amides is 1. The van der Waals surface area contributed by atoms with Crippen molar-refractivity contribution in [3.8, 4) is 11.5 Å². The van der Waals surface area contributed by atoms with Crippen LogP contribution in [0.15, 0.2) is 30.4 Å². The Balaban J connectivity index is 1.48. The number of rotatable bonds is 6. The molecule has 1 aromatic carbocycles. The van der Waals surface area contributed by atoms with Crippen LogP contribution >= 0.6 is 0 Å². The van der Waals surface area contributed by atoms with Gasteiger partial charge in [0, 0.05) is 18.4 Å². The summed E-state index contributed by atoms with van der Waals surface area (Å²) in [6.45, 7) is 0.856. The fourth-order valence-electron chi connectivity index (χ4n) is 4.34. The van der Waals surface area contributed by atoms with Gasteiger partial charge in [0.05, 0.1) is 32.8 Å². The van der Waals surface area contributed by atoms with Gasteiger partial charge in [-0.25, -0.2) is 0 Å². The molecule has 0 aliphatic carbocycles. The van der Waals surface area contributed by atoms with Gasteiger partial charge in [-0.1, -0.05) is 18.2 Å². The molecule has 1 amide bonds. The van der Waals surface area contributed by atoms with Crippen LogP contribution in [0, 0.1) is 11.8 Å². The lowest BCUT2D eigenvalue weighted by molar-refractivity contribution is -0.313. The maximum Gasteiger partial charge on any atom is 0.229 e. The molecule has 0 radical (unpaired) electrons. The van der Waals surface area contributed by atoms with Crippen LogP contribution in [-0.4, -0.2) is 55.8 Å². The van der Waals surface area contributed by atoms with Crippen LogP contribution < -0.4 is 14.6 Å². The van der Waals surface area contributed by atoms with Gasteiger partial charge < -0.3 is 29.0 Å². The molecular formula is C19H20NO6-. The molecule has 0 N–H and O–H groups in total. The Kier molecular flexibility index (Phi) is 3.91. The summed E-state index contributed by atoms with van der Waals surface area (Å²) in [7, 11) is 3.15. The lowest BCUT2D eigenvalue weighted by Crippen LogP contribution is -2.45. The number of ether oxygens (including phenoxy) is 3. The smallest absolute Gasteiger partial charge is 0.229 e.